The molecule has 0 fully saturated rings. The maximum Gasteiger partial charge on any atom is 0.472 e. The Balaban J connectivity index is 5.24. The zero-order valence-corrected chi connectivity index (χ0v) is 64.5. The molecule has 5 atom stereocenters. The Morgan fingerprint density at radius 3 is 0.708 bits per heavy atom. The second-order valence-electron chi connectivity index (χ2n) is 28.7. The molecule has 570 valence electrons. The van der Waals surface area contributed by atoms with Crippen LogP contribution in [-0.4, -0.2) is 96.7 Å². The van der Waals surface area contributed by atoms with E-state index in [1.165, 1.54) is 212 Å². The number of carbonyl (C=O) groups excluding carboxylic acids is 4. The summed E-state index contributed by atoms with van der Waals surface area (Å²) >= 11 is 0. The molecule has 0 saturated heterocycles. The summed E-state index contributed by atoms with van der Waals surface area (Å²) in [5.41, 5.74) is 0. The zero-order chi connectivity index (χ0) is 70.7. The van der Waals surface area contributed by atoms with Crippen molar-refractivity contribution in [2.45, 2.75) is 419 Å². The lowest BCUT2D eigenvalue weighted by atomic mass is 10.0. The van der Waals surface area contributed by atoms with Crippen LogP contribution in [0.15, 0.2) is 0 Å². The molecule has 96 heavy (non-hydrogen) atoms. The van der Waals surface area contributed by atoms with E-state index in [-0.39, 0.29) is 25.7 Å². The van der Waals surface area contributed by atoms with Gasteiger partial charge in [-0.05, 0) is 37.5 Å². The fourth-order valence-corrected chi connectivity index (χ4v) is 13.4. The first-order valence-corrected chi connectivity index (χ1v) is 43.0. The second kappa shape index (κ2) is 68.8. The van der Waals surface area contributed by atoms with Gasteiger partial charge in [-0.2, -0.15) is 0 Å². The number of rotatable bonds is 76. The fraction of sp³-hybridized carbons (Fsp3) is 0.948. The van der Waals surface area contributed by atoms with Crippen LogP contribution in [0.3, 0.4) is 0 Å². The first-order chi connectivity index (χ1) is 46.4. The minimum Gasteiger partial charge on any atom is -0.462 e. The molecular formula is C77H150O17P2. The highest BCUT2D eigenvalue weighted by Crippen LogP contribution is 2.45. The number of aliphatic hydroxyl groups is 1. The molecule has 3 N–H and O–H groups in total. The van der Waals surface area contributed by atoms with Crippen LogP contribution in [0.5, 0.6) is 0 Å². The third-order valence-electron chi connectivity index (χ3n) is 18.0. The highest BCUT2D eigenvalue weighted by Gasteiger charge is 2.30. The lowest BCUT2D eigenvalue weighted by Crippen LogP contribution is -2.30. The Kier molecular flexibility index (Phi) is 67.4. The van der Waals surface area contributed by atoms with Crippen molar-refractivity contribution in [1.29, 1.82) is 0 Å². The summed E-state index contributed by atoms with van der Waals surface area (Å²) in [5, 5.41) is 10.6. The Hall–Kier alpha value is -1.94. The third-order valence-corrected chi connectivity index (χ3v) is 19.9. The van der Waals surface area contributed by atoms with Crippen molar-refractivity contribution in [3.05, 3.63) is 0 Å². The Bertz CT molecular complexity index is 1860. The van der Waals surface area contributed by atoms with Gasteiger partial charge in [0, 0.05) is 25.7 Å². The quantitative estimate of drug-likeness (QED) is 0.0222. The first-order valence-electron chi connectivity index (χ1n) is 40.0. The molecular weight excluding hydrogens is 1260 g/mol. The number of hydrogen-bond acceptors (Lipinski definition) is 15. The average Bonchev–Trinajstić information content (AvgIpc) is 1.22. The standard InChI is InChI=1S/C77H150O17P2/c1-7-9-11-13-15-17-19-21-22-23-24-25-28-33-37-43-50-56-62-77(82)93-72(65-87-74(79)59-53-47-41-35-32-29-26-27-30-34-39-45-51-57-69(3)4)67-91-95(83,84)89-63-71(78)64-90-96(85,86)92-68-73(66-88-75(80)60-54-48-44-38-40-46-52-58-70(5)6)94-76(81)61-55-49-42-36-31-20-18-16-14-12-10-8-2/h69-73,78H,7-68H2,1-6H3,(H,83,84)(H,85,86)/t71-,72-,73-/m1/s1. The first kappa shape index (κ1) is 94.1. The lowest BCUT2D eigenvalue weighted by Gasteiger charge is -2.21. The number of phosphoric acid groups is 2. The number of esters is 4. The van der Waals surface area contributed by atoms with Gasteiger partial charge < -0.3 is 33.8 Å². The average molecular weight is 1410 g/mol. The predicted molar refractivity (Wildman–Crippen MR) is 391 cm³/mol. The number of unbranched alkanes of at least 4 members (excludes halogenated alkanes) is 46. The highest BCUT2D eigenvalue weighted by molar-refractivity contribution is 7.47. The van der Waals surface area contributed by atoms with Gasteiger partial charge in [-0.25, -0.2) is 9.13 Å². The van der Waals surface area contributed by atoms with Gasteiger partial charge in [0.25, 0.3) is 0 Å². The topological polar surface area (TPSA) is 237 Å². The van der Waals surface area contributed by atoms with E-state index >= 15 is 0 Å². The lowest BCUT2D eigenvalue weighted by molar-refractivity contribution is -0.161. The van der Waals surface area contributed by atoms with Crippen molar-refractivity contribution in [2.75, 3.05) is 39.6 Å². The summed E-state index contributed by atoms with van der Waals surface area (Å²) in [6, 6.07) is 0. The van der Waals surface area contributed by atoms with Crippen molar-refractivity contribution in [2.24, 2.45) is 11.8 Å². The van der Waals surface area contributed by atoms with Crippen LogP contribution in [0.1, 0.15) is 401 Å². The van der Waals surface area contributed by atoms with E-state index in [0.29, 0.717) is 31.6 Å². The Labute approximate surface area is 588 Å². The summed E-state index contributed by atoms with van der Waals surface area (Å²) in [4.78, 5) is 72.8. The van der Waals surface area contributed by atoms with E-state index in [1.54, 1.807) is 0 Å². The molecule has 0 rings (SSSR count). The SMILES string of the molecule is CCCCCCCCCCCCCCCCCCCCC(=O)O[C@H](COC(=O)CCCCCCCCCCCCCCCC(C)C)COP(=O)(O)OC[C@@H](O)COP(=O)(O)OC[C@@H](COC(=O)CCCCCCCCCC(C)C)OC(=O)CCCCCCCCCCCCCC. The van der Waals surface area contributed by atoms with Crippen LogP contribution in [-0.2, 0) is 65.4 Å². The van der Waals surface area contributed by atoms with Gasteiger partial charge in [0.1, 0.15) is 19.3 Å². The van der Waals surface area contributed by atoms with E-state index in [4.69, 9.17) is 37.0 Å². The minimum atomic E-state index is -4.96. The number of phosphoric ester groups is 2. The van der Waals surface area contributed by atoms with E-state index in [2.05, 4.69) is 41.5 Å². The molecule has 0 aliphatic rings. The normalized spacial score (nSPS) is 14.0. The molecule has 0 saturated carbocycles. The van der Waals surface area contributed by atoms with E-state index in [0.717, 1.165) is 102 Å². The third kappa shape index (κ3) is 70.5. The molecule has 17 nitrogen and oxygen atoms in total. The van der Waals surface area contributed by atoms with Crippen LogP contribution in [0, 0.1) is 11.8 Å². The molecule has 19 heteroatoms. The summed E-state index contributed by atoms with van der Waals surface area (Å²) in [5.74, 6) is -0.617. The molecule has 0 amide bonds. The van der Waals surface area contributed by atoms with Crippen LogP contribution in [0.4, 0.5) is 0 Å². The Morgan fingerprint density at radius 1 is 0.281 bits per heavy atom. The molecule has 0 bridgehead atoms. The van der Waals surface area contributed by atoms with Crippen molar-refractivity contribution in [3.8, 4) is 0 Å². The van der Waals surface area contributed by atoms with Crippen molar-refractivity contribution >= 4 is 39.5 Å². The maximum atomic E-state index is 13.1. The molecule has 0 aromatic heterocycles. The van der Waals surface area contributed by atoms with Crippen LogP contribution in [0.25, 0.3) is 0 Å². The summed E-state index contributed by atoms with van der Waals surface area (Å²) in [6.07, 6.45) is 56.9. The van der Waals surface area contributed by atoms with Crippen molar-refractivity contribution < 1.29 is 80.2 Å². The molecule has 0 spiro atoms. The summed E-state index contributed by atoms with van der Waals surface area (Å²) in [7, 11) is -9.91. The van der Waals surface area contributed by atoms with Gasteiger partial charge in [0.2, 0.25) is 0 Å². The molecule has 0 aliphatic heterocycles. The second-order valence-corrected chi connectivity index (χ2v) is 31.6. The summed E-state index contributed by atoms with van der Waals surface area (Å²) in [6.45, 7) is 9.57. The molecule has 2 unspecified atom stereocenters. The van der Waals surface area contributed by atoms with Crippen molar-refractivity contribution in [1.82, 2.24) is 0 Å². The van der Waals surface area contributed by atoms with E-state index in [1.807, 2.05) is 0 Å². The van der Waals surface area contributed by atoms with Gasteiger partial charge in [-0.1, -0.05) is 350 Å². The number of aliphatic hydroxyl groups excluding tert-OH is 1. The van der Waals surface area contributed by atoms with Gasteiger partial charge in [-0.3, -0.25) is 37.3 Å². The van der Waals surface area contributed by atoms with Crippen LogP contribution in [0.2, 0.25) is 0 Å². The smallest absolute Gasteiger partial charge is 0.462 e. The fourth-order valence-electron chi connectivity index (χ4n) is 11.8. The van der Waals surface area contributed by atoms with Gasteiger partial charge in [0.05, 0.1) is 26.4 Å². The number of carbonyl (C=O) groups is 4. The van der Waals surface area contributed by atoms with Gasteiger partial charge in [-0.15, -0.1) is 0 Å². The van der Waals surface area contributed by atoms with Crippen LogP contribution >= 0.6 is 15.6 Å². The molecule has 0 radical (unpaired) electrons. The van der Waals surface area contributed by atoms with Gasteiger partial charge in [0.15, 0.2) is 12.2 Å². The summed E-state index contributed by atoms with van der Waals surface area (Å²) < 4.78 is 68.6. The van der Waals surface area contributed by atoms with E-state index in [9.17, 15) is 43.2 Å². The van der Waals surface area contributed by atoms with E-state index < -0.39 is 97.5 Å². The molecule has 0 aliphatic carbocycles. The molecule has 0 aromatic carbocycles. The van der Waals surface area contributed by atoms with Crippen molar-refractivity contribution in [3.63, 3.8) is 0 Å². The largest absolute Gasteiger partial charge is 0.472 e. The number of ether oxygens (including phenoxy) is 4. The van der Waals surface area contributed by atoms with Gasteiger partial charge >= 0.3 is 39.5 Å². The zero-order valence-electron chi connectivity index (χ0n) is 62.7. The monoisotopic (exact) mass is 1410 g/mol. The maximum absolute atomic E-state index is 13.1. The predicted octanol–water partition coefficient (Wildman–Crippen LogP) is 22.7. The molecule has 0 heterocycles. The van der Waals surface area contributed by atoms with Crippen LogP contribution < -0.4 is 0 Å². The minimum absolute atomic E-state index is 0.107. The molecule has 0 aromatic rings. The Morgan fingerprint density at radius 2 is 0.479 bits per heavy atom. The highest BCUT2D eigenvalue weighted by atomic mass is 31.2. The number of hydrogen-bond donors (Lipinski definition) is 3.